The first-order valence-electron chi connectivity index (χ1n) is 13.7. The van der Waals surface area contributed by atoms with Crippen LogP contribution in [0.15, 0.2) is 54.6 Å². The smallest absolute Gasteiger partial charge is 0.407 e. The molecule has 0 aliphatic carbocycles. The summed E-state index contributed by atoms with van der Waals surface area (Å²) >= 11 is 1.48. The van der Waals surface area contributed by atoms with Crippen molar-refractivity contribution >= 4 is 29.7 Å². The lowest BCUT2D eigenvalue weighted by molar-refractivity contribution is -0.147. The van der Waals surface area contributed by atoms with Crippen molar-refractivity contribution in [3.05, 3.63) is 71.3 Å². The van der Waals surface area contributed by atoms with Gasteiger partial charge in [0.25, 0.3) is 5.91 Å². The van der Waals surface area contributed by atoms with E-state index in [0.29, 0.717) is 19.8 Å². The van der Waals surface area contributed by atoms with E-state index in [1.54, 1.807) is 0 Å². The van der Waals surface area contributed by atoms with Crippen molar-refractivity contribution in [2.24, 2.45) is 5.92 Å². The summed E-state index contributed by atoms with van der Waals surface area (Å²) in [7, 11) is 0. The summed E-state index contributed by atoms with van der Waals surface area (Å²) in [6.45, 7) is 7.53. The number of alkyl carbamates (subject to hydrolysis) is 1. The van der Waals surface area contributed by atoms with Gasteiger partial charge in [-0.25, -0.2) is 4.79 Å². The fraction of sp³-hybridized carbons (Fsp3) is 0.500. The number of rotatable bonds is 10. The van der Waals surface area contributed by atoms with Gasteiger partial charge >= 0.3 is 6.09 Å². The summed E-state index contributed by atoms with van der Waals surface area (Å²) in [5.74, 6) is -0.521. The fourth-order valence-electron chi connectivity index (χ4n) is 5.05. The maximum Gasteiger partial charge on any atom is 0.407 e. The highest BCUT2D eigenvalue weighted by molar-refractivity contribution is 8.00. The normalized spacial score (nSPS) is 21.4. The topological polar surface area (TPSA) is 117 Å². The standard InChI is InChI=1S/C30H39N3O6S/c1-20-9-7-8-12-23(20)16-31-27(35)26-30(2,3)40-19-33(26)28(36)25(34)24(15-21-10-5-4-6-11-21)32-29(37)39-18-22-13-14-38-17-22/h4-12,22,24-26,34H,13-19H2,1-3H3,(H,31,35)(H,32,37). The summed E-state index contributed by atoms with van der Waals surface area (Å²) in [6.07, 6.45) is -1.26. The Morgan fingerprint density at radius 2 is 1.88 bits per heavy atom. The number of aliphatic hydroxyl groups is 1. The Morgan fingerprint density at radius 1 is 1.15 bits per heavy atom. The number of nitrogens with zero attached hydrogens (tertiary/aromatic N) is 1. The number of ether oxygens (including phenoxy) is 2. The fourth-order valence-corrected chi connectivity index (χ4v) is 6.19. The highest BCUT2D eigenvalue weighted by atomic mass is 32.2. The first-order valence-corrected chi connectivity index (χ1v) is 14.6. The lowest BCUT2D eigenvalue weighted by Gasteiger charge is -2.33. The maximum atomic E-state index is 13.7. The van der Waals surface area contributed by atoms with Crippen LogP contribution in [-0.4, -0.2) is 76.5 Å². The molecule has 2 heterocycles. The van der Waals surface area contributed by atoms with Crippen LogP contribution in [0.1, 0.15) is 37.0 Å². The van der Waals surface area contributed by atoms with Crippen molar-refractivity contribution in [3.63, 3.8) is 0 Å². The number of hydrogen-bond acceptors (Lipinski definition) is 7. The summed E-state index contributed by atoms with van der Waals surface area (Å²) in [4.78, 5) is 41.3. The van der Waals surface area contributed by atoms with Gasteiger partial charge in [-0.3, -0.25) is 9.59 Å². The van der Waals surface area contributed by atoms with Gasteiger partial charge in [0.15, 0.2) is 6.10 Å². The third kappa shape index (κ3) is 7.56. The van der Waals surface area contributed by atoms with Crippen molar-refractivity contribution in [1.82, 2.24) is 15.5 Å². The summed E-state index contributed by atoms with van der Waals surface area (Å²) in [5, 5.41) is 17.0. The molecule has 4 atom stereocenters. The molecule has 40 heavy (non-hydrogen) atoms. The van der Waals surface area contributed by atoms with Crippen LogP contribution in [0.2, 0.25) is 0 Å². The lowest BCUT2D eigenvalue weighted by atomic mass is 9.97. The van der Waals surface area contributed by atoms with E-state index >= 15 is 0 Å². The minimum absolute atomic E-state index is 0.132. The Labute approximate surface area is 240 Å². The van der Waals surface area contributed by atoms with Crippen molar-refractivity contribution in [3.8, 4) is 0 Å². The molecule has 2 aromatic rings. The monoisotopic (exact) mass is 569 g/mol. The average molecular weight is 570 g/mol. The van der Waals surface area contributed by atoms with Gasteiger partial charge in [0.2, 0.25) is 5.91 Å². The highest BCUT2D eigenvalue weighted by Gasteiger charge is 2.49. The molecular weight excluding hydrogens is 530 g/mol. The van der Waals surface area contributed by atoms with E-state index in [1.807, 2.05) is 75.4 Å². The molecule has 2 aromatic carbocycles. The molecule has 9 nitrogen and oxygen atoms in total. The number of benzene rings is 2. The quantitative estimate of drug-likeness (QED) is 0.403. The molecule has 0 spiro atoms. The number of thioether (sulfide) groups is 1. The molecular formula is C30H39N3O6S. The molecule has 2 aliphatic heterocycles. The number of amides is 3. The average Bonchev–Trinajstić information content (AvgIpc) is 3.58. The minimum Gasteiger partial charge on any atom is -0.449 e. The Kier molecular flexibility index (Phi) is 10.1. The maximum absolute atomic E-state index is 13.7. The number of aryl methyl sites for hydroxylation is 1. The second-order valence-corrected chi connectivity index (χ2v) is 12.5. The number of nitrogens with one attached hydrogen (secondary N) is 2. The predicted molar refractivity (Wildman–Crippen MR) is 154 cm³/mol. The van der Waals surface area contributed by atoms with Gasteiger partial charge in [0.1, 0.15) is 6.04 Å². The second-order valence-electron chi connectivity index (χ2n) is 10.9. The second kappa shape index (κ2) is 13.5. The molecule has 4 rings (SSSR count). The number of carbonyl (C=O) groups is 3. The Hall–Kier alpha value is -3.08. The first-order chi connectivity index (χ1) is 19.2. The zero-order valence-corrected chi connectivity index (χ0v) is 24.1. The Balaban J connectivity index is 1.46. The third-order valence-corrected chi connectivity index (χ3v) is 8.88. The van der Waals surface area contributed by atoms with Crippen LogP contribution in [0.3, 0.4) is 0 Å². The molecule has 3 N–H and O–H groups in total. The number of aliphatic hydroxyl groups excluding tert-OH is 1. The van der Waals surface area contributed by atoms with E-state index in [0.717, 1.165) is 23.1 Å². The Morgan fingerprint density at radius 3 is 2.58 bits per heavy atom. The number of carbonyl (C=O) groups excluding carboxylic acids is 3. The van der Waals surface area contributed by atoms with Gasteiger partial charge in [-0.2, -0.15) is 0 Å². The van der Waals surface area contributed by atoms with Gasteiger partial charge in [-0.05, 0) is 50.3 Å². The van der Waals surface area contributed by atoms with E-state index in [9.17, 15) is 19.5 Å². The van der Waals surface area contributed by atoms with E-state index < -0.39 is 34.9 Å². The summed E-state index contributed by atoms with van der Waals surface area (Å²) in [6, 6.07) is 15.4. The molecule has 2 fully saturated rings. The summed E-state index contributed by atoms with van der Waals surface area (Å²) < 4.78 is 10.2. The van der Waals surface area contributed by atoms with Crippen molar-refractivity contribution in [1.29, 1.82) is 0 Å². The largest absolute Gasteiger partial charge is 0.449 e. The van der Waals surface area contributed by atoms with Crippen LogP contribution in [-0.2, 0) is 32.0 Å². The van der Waals surface area contributed by atoms with Crippen molar-refractivity contribution in [2.45, 2.75) is 63.1 Å². The first kappa shape index (κ1) is 29.9. The number of hydrogen-bond donors (Lipinski definition) is 3. The van der Waals surface area contributed by atoms with Crippen LogP contribution in [0.5, 0.6) is 0 Å². The molecule has 216 valence electrons. The molecule has 3 amide bonds. The van der Waals surface area contributed by atoms with Gasteiger partial charge in [0, 0.05) is 23.8 Å². The van der Waals surface area contributed by atoms with Crippen LogP contribution < -0.4 is 10.6 Å². The van der Waals surface area contributed by atoms with E-state index in [4.69, 9.17) is 9.47 Å². The van der Waals surface area contributed by atoms with Crippen LogP contribution in [0.4, 0.5) is 4.79 Å². The van der Waals surface area contributed by atoms with E-state index in [2.05, 4.69) is 10.6 Å². The zero-order chi connectivity index (χ0) is 28.7. The minimum atomic E-state index is -1.58. The van der Waals surface area contributed by atoms with Crippen LogP contribution in [0.25, 0.3) is 0 Å². The molecule has 2 aliphatic rings. The molecule has 2 saturated heterocycles. The summed E-state index contributed by atoms with van der Waals surface area (Å²) in [5.41, 5.74) is 2.90. The van der Waals surface area contributed by atoms with E-state index in [1.165, 1.54) is 16.7 Å². The molecule has 0 radical (unpaired) electrons. The molecule has 4 unspecified atom stereocenters. The van der Waals surface area contributed by atoms with Gasteiger partial charge in [-0.15, -0.1) is 11.8 Å². The molecule has 10 heteroatoms. The zero-order valence-electron chi connectivity index (χ0n) is 23.3. The van der Waals surface area contributed by atoms with Gasteiger partial charge in [0.05, 0.1) is 25.1 Å². The van der Waals surface area contributed by atoms with E-state index in [-0.39, 0.29) is 30.7 Å². The van der Waals surface area contributed by atoms with Gasteiger partial charge in [-0.1, -0.05) is 54.6 Å². The molecule has 0 saturated carbocycles. The van der Waals surface area contributed by atoms with Crippen molar-refractivity contribution in [2.75, 3.05) is 25.7 Å². The highest BCUT2D eigenvalue weighted by Crippen LogP contribution is 2.40. The molecule has 0 aromatic heterocycles. The third-order valence-electron chi connectivity index (χ3n) is 7.50. The van der Waals surface area contributed by atoms with Crippen LogP contribution >= 0.6 is 11.8 Å². The van der Waals surface area contributed by atoms with Crippen molar-refractivity contribution < 1.29 is 29.0 Å². The SMILES string of the molecule is Cc1ccccc1CNC(=O)C1N(C(=O)C(O)C(Cc2ccccc2)NC(=O)OCC2CCOC2)CSC1(C)C. The van der Waals surface area contributed by atoms with Crippen LogP contribution in [0, 0.1) is 12.8 Å². The lowest BCUT2D eigenvalue weighted by Crippen LogP contribution is -2.58. The Bertz CT molecular complexity index is 1170. The predicted octanol–water partition coefficient (Wildman–Crippen LogP) is 3.03. The molecule has 0 bridgehead atoms. The van der Waals surface area contributed by atoms with Gasteiger partial charge < -0.3 is 30.1 Å².